The number of β-amino-alcohol motifs (C(OH)–C–C–N with tert-alkyl or cyclic N) is 1. The van der Waals surface area contributed by atoms with Gasteiger partial charge in [-0.25, -0.2) is 9.78 Å². The number of carboxylic acid groups (broad SMARTS) is 1. The fourth-order valence-electron chi connectivity index (χ4n) is 3.42. The number of hydrogen-bond acceptors (Lipinski definition) is 7. The van der Waals surface area contributed by atoms with Gasteiger partial charge in [0, 0.05) is 19.5 Å². The van der Waals surface area contributed by atoms with Gasteiger partial charge in [0.15, 0.2) is 5.82 Å². The Kier molecular flexibility index (Phi) is 4.43. The van der Waals surface area contributed by atoms with Crippen molar-refractivity contribution in [1.29, 1.82) is 0 Å². The molecule has 3 atom stereocenters. The lowest BCUT2D eigenvalue weighted by Gasteiger charge is -2.28. The lowest BCUT2D eigenvalue weighted by Crippen LogP contribution is -2.41. The fourth-order valence-corrected chi connectivity index (χ4v) is 3.42. The van der Waals surface area contributed by atoms with Crippen LogP contribution in [0.15, 0.2) is 12.1 Å². The van der Waals surface area contributed by atoms with Crippen LogP contribution in [0.2, 0.25) is 0 Å². The maximum atomic E-state index is 11.4. The van der Waals surface area contributed by atoms with Crippen LogP contribution >= 0.6 is 0 Å². The first-order valence-electron chi connectivity index (χ1n) is 7.91. The summed E-state index contributed by atoms with van der Waals surface area (Å²) in [5, 5.41) is 21.9. The Morgan fingerprint density at radius 2 is 2.21 bits per heavy atom. The highest BCUT2D eigenvalue weighted by Crippen LogP contribution is 2.32. The van der Waals surface area contributed by atoms with Crippen molar-refractivity contribution in [3.8, 4) is 0 Å². The van der Waals surface area contributed by atoms with Crippen LogP contribution in [-0.4, -0.2) is 59.0 Å². The third kappa shape index (κ3) is 2.94. The number of nitrogen functional groups attached to an aromatic ring is 1. The van der Waals surface area contributed by atoms with Crippen LogP contribution in [0.1, 0.15) is 19.3 Å². The van der Waals surface area contributed by atoms with Gasteiger partial charge >= 0.3 is 5.97 Å². The minimum atomic E-state index is -0.892. The van der Waals surface area contributed by atoms with E-state index in [1.54, 1.807) is 21.9 Å². The Hall–Kier alpha value is -2.55. The molecular weight excluding hydrogens is 314 g/mol. The molecule has 9 nitrogen and oxygen atoms in total. The predicted molar refractivity (Wildman–Crippen MR) is 87.6 cm³/mol. The summed E-state index contributed by atoms with van der Waals surface area (Å²) in [5.41, 5.74) is 6.42. The zero-order valence-electron chi connectivity index (χ0n) is 13.1. The molecule has 1 aromatic rings. The number of aliphatic carboxylic acids is 1. The topological polar surface area (TPSA) is 132 Å². The third-order valence-electron chi connectivity index (χ3n) is 4.53. The average molecular weight is 335 g/mol. The summed E-state index contributed by atoms with van der Waals surface area (Å²) in [6, 6.07) is 2.75. The number of nitrogens with zero attached hydrogens (tertiary/aromatic N) is 3. The minimum Gasteiger partial charge on any atom is -0.480 e. The van der Waals surface area contributed by atoms with E-state index in [0.717, 1.165) is 6.42 Å². The fraction of sp³-hybridized carbons (Fsp3) is 0.533. The molecule has 3 rings (SSSR count). The van der Waals surface area contributed by atoms with E-state index < -0.39 is 18.1 Å². The number of rotatable bonds is 5. The van der Waals surface area contributed by atoms with E-state index in [2.05, 4.69) is 10.3 Å². The van der Waals surface area contributed by atoms with Gasteiger partial charge in [-0.1, -0.05) is 0 Å². The van der Waals surface area contributed by atoms with Crippen molar-refractivity contribution in [2.24, 2.45) is 0 Å². The first-order valence-corrected chi connectivity index (χ1v) is 7.91. The summed E-state index contributed by atoms with van der Waals surface area (Å²) in [7, 11) is 0. The van der Waals surface area contributed by atoms with E-state index in [1.807, 2.05) is 0 Å². The number of aliphatic hydroxyl groups excluding tert-OH is 1. The van der Waals surface area contributed by atoms with Crippen molar-refractivity contribution < 1.29 is 19.8 Å². The quantitative estimate of drug-likeness (QED) is 0.523. The van der Waals surface area contributed by atoms with Crippen LogP contribution in [0.4, 0.5) is 17.3 Å². The van der Waals surface area contributed by atoms with Gasteiger partial charge in [0.25, 0.3) is 0 Å². The Balaban J connectivity index is 1.91. The molecule has 1 amide bonds. The lowest BCUT2D eigenvalue weighted by atomic mass is 10.2. The largest absolute Gasteiger partial charge is 0.480 e. The number of carbonyl (C=O) groups is 2. The predicted octanol–water partition coefficient (Wildman–Crippen LogP) is -0.640. The molecule has 0 saturated carbocycles. The number of carboxylic acids is 1. The Morgan fingerprint density at radius 3 is 2.92 bits per heavy atom. The number of carbonyl (C=O) groups excluding carboxylic acids is 1. The normalized spacial score (nSPS) is 26.6. The number of hydrogen-bond donors (Lipinski definition) is 4. The maximum absolute atomic E-state index is 11.4. The molecule has 0 bridgehead atoms. The Morgan fingerprint density at radius 1 is 1.42 bits per heavy atom. The summed E-state index contributed by atoms with van der Waals surface area (Å²) in [4.78, 5) is 30.2. The summed E-state index contributed by atoms with van der Waals surface area (Å²) < 4.78 is 0. The molecule has 130 valence electrons. The van der Waals surface area contributed by atoms with Crippen molar-refractivity contribution in [2.75, 3.05) is 28.6 Å². The van der Waals surface area contributed by atoms with Crippen LogP contribution in [0.5, 0.6) is 0 Å². The average Bonchev–Trinajstić information content (AvgIpc) is 3.15. The highest BCUT2D eigenvalue weighted by molar-refractivity contribution is 5.81. The van der Waals surface area contributed by atoms with E-state index in [1.165, 1.54) is 0 Å². The van der Waals surface area contributed by atoms with Crippen molar-refractivity contribution >= 4 is 29.7 Å². The molecule has 0 aliphatic carbocycles. The highest BCUT2D eigenvalue weighted by Gasteiger charge is 2.35. The Labute approximate surface area is 139 Å². The number of aromatic nitrogens is 1. The van der Waals surface area contributed by atoms with Crippen LogP contribution in [0, 0.1) is 0 Å². The zero-order chi connectivity index (χ0) is 17.3. The lowest BCUT2D eigenvalue weighted by molar-refractivity contribution is -0.138. The SMILES string of the molecule is Nc1ccc(N2CC(O)CC2NC=O)nc1N1CCCC1C(=O)O. The van der Waals surface area contributed by atoms with Crippen LogP contribution in [-0.2, 0) is 9.59 Å². The van der Waals surface area contributed by atoms with E-state index in [4.69, 9.17) is 5.73 Å². The zero-order valence-corrected chi connectivity index (χ0v) is 13.1. The molecule has 2 fully saturated rings. The molecule has 3 heterocycles. The number of anilines is 3. The number of amides is 1. The molecule has 9 heteroatoms. The molecule has 2 aliphatic rings. The van der Waals surface area contributed by atoms with E-state index in [0.29, 0.717) is 49.7 Å². The van der Waals surface area contributed by atoms with E-state index in [9.17, 15) is 19.8 Å². The summed E-state index contributed by atoms with van der Waals surface area (Å²) in [6.45, 7) is 0.917. The molecule has 2 aliphatic heterocycles. The molecule has 2 saturated heterocycles. The molecule has 0 spiro atoms. The smallest absolute Gasteiger partial charge is 0.326 e. The molecule has 24 heavy (non-hydrogen) atoms. The van der Waals surface area contributed by atoms with Crippen LogP contribution in [0.25, 0.3) is 0 Å². The maximum Gasteiger partial charge on any atom is 0.326 e. The number of nitrogens with two attached hydrogens (primary N) is 1. The number of nitrogens with one attached hydrogen (secondary N) is 1. The van der Waals surface area contributed by atoms with Crippen molar-refractivity contribution in [2.45, 2.75) is 37.6 Å². The molecule has 1 aromatic heterocycles. The third-order valence-corrected chi connectivity index (χ3v) is 4.53. The second-order valence-electron chi connectivity index (χ2n) is 6.11. The summed E-state index contributed by atoms with van der Waals surface area (Å²) >= 11 is 0. The molecular formula is C15H21N5O4. The van der Waals surface area contributed by atoms with Gasteiger partial charge in [-0.3, -0.25) is 4.79 Å². The Bertz CT molecular complexity index is 640. The first kappa shape index (κ1) is 16.3. The van der Waals surface area contributed by atoms with Gasteiger partial charge < -0.3 is 31.1 Å². The van der Waals surface area contributed by atoms with Crippen LogP contribution < -0.4 is 20.9 Å². The molecule has 5 N–H and O–H groups in total. The summed E-state index contributed by atoms with van der Waals surface area (Å²) in [5.74, 6) is 0.0889. The van der Waals surface area contributed by atoms with E-state index >= 15 is 0 Å². The molecule has 0 radical (unpaired) electrons. The first-order chi connectivity index (χ1) is 11.5. The monoisotopic (exact) mass is 335 g/mol. The van der Waals surface area contributed by atoms with Gasteiger partial charge in [-0.2, -0.15) is 0 Å². The van der Waals surface area contributed by atoms with Gasteiger partial charge in [-0.05, 0) is 25.0 Å². The van der Waals surface area contributed by atoms with E-state index in [-0.39, 0.29) is 6.17 Å². The minimum absolute atomic E-state index is 0.338. The molecule has 0 aromatic carbocycles. The number of aliphatic hydroxyl groups is 1. The molecule has 3 unspecified atom stereocenters. The highest BCUT2D eigenvalue weighted by atomic mass is 16.4. The number of pyridine rings is 1. The van der Waals surface area contributed by atoms with Gasteiger partial charge in [0.2, 0.25) is 6.41 Å². The van der Waals surface area contributed by atoms with Crippen molar-refractivity contribution in [1.82, 2.24) is 10.3 Å². The van der Waals surface area contributed by atoms with Gasteiger partial charge in [0.1, 0.15) is 18.0 Å². The van der Waals surface area contributed by atoms with Crippen molar-refractivity contribution in [3.05, 3.63) is 12.1 Å². The standard InChI is InChI=1S/C15H21N5O4/c16-10-3-4-12(20-7-9(22)6-13(20)17-8-21)18-14(10)19-5-1-2-11(19)15(23)24/h3-4,8-9,11,13,22H,1-2,5-7,16H2,(H,17,21)(H,23,24). The van der Waals surface area contributed by atoms with Crippen molar-refractivity contribution in [3.63, 3.8) is 0 Å². The summed E-state index contributed by atoms with van der Waals surface area (Å²) in [6.07, 6.45) is 1.40. The van der Waals surface area contributed by atoms with Gasteiger partial charge in [-0.15, -0.1) is 0 Å². The second kappa shape index (κ2) is 6.52. The second-order valence-corrected chi connectivity index (χ2v) is 6.11. The van der Waals surface area contributed by atoms with Gasteiger partial charge in [0.05, 0.1) is 11.8 Å². The van der Waals surface area contributed by atoms with Crippen LogP contribution in [0.3, 0.4) is 0 Å².